The number of nitrogens with zero attached hydrogens (tertiary/aromatic N) is 6. The lowest BCUT2D eigenvalue weighted by Crippen LogP contribution is -2.40. The number of allylic oxidation sites excluding steroid dienone is 1. The summed E-state index contributed by atoms with van der Waals surface area (Å²) < 4.78 is 177. The number of nitrogens with two attached hydrogens (primary N) is 1. The van der Waals surface area contributed by atoms with Gasteiger partial charge in [0.25, 0.3) is 17.7 Å². The van der Waals surface area contributed by atoms with Gasteiger partial charge in [-0.2, -0.15) is 52.7 Å². The number of thioether (sulfide) groups is 2. The number of alkyl halides is 12. The van der Waals surface area contributed by atoms with Crippen LogP contribution in [0.25, 0.3) is 0 Å². The second kappa shape index (κ2) is 46.4. The van der Waals surface area contributed by atoms with Crippen molar-refractivity contribution in [1.29, 1.82) is 0 Å². The quantitative estimate of drug-likeness (QED) is 0.00916. The molecule has 2 saturated heterocycles. The number of hydrogen-bond acceptors (Lipinski definition) is 24. The van der Waals surface area contributed by atoms with E-state index in [1.807, 2.05) is 23.1 Å². The van der Waals surface area contributed by atoms with Crippen LogP contribution in [0.4, 0.5) is 80.6 Å². The highest BCUT2D eigenvalue weighted by atomic mass is 35.5. The molecule has 0 spiro atoms. The number of oxazole rings is 2. The molecule has 2 atom stereocenters. The number of thiazole rings is 2. The molecule has 4 aromatic heterocycles. The number of carbonyl (C=O) groups is 9. The molecule has 0 aliphatic carbocycles. The van der Waals surface area contributed by atoms with Gasteiger partial charge in [-0.15, -0.1) is 23.1 Å². The van der Waals surface area contributed by atoms with E-state index in [2.05, 4.69) is 115 Å². The molecule has 6 heterocycles. The Morgan fingerprint density at radius 2 is 1.10 bits per heavy atom. The zero-order chi connectivity index (χ0) is 93.0. The molecule has 2 aliphatic heterocycles. The standard InChI is InChI=1S/C28H31F3N4O3S2.C16H24N4OS2.C15H12F3NO4.C11H8F3NO3.C9H8F3NO2.C3H3ClO/c1-5-22(36)33-20-9-8-18(12-19(20)28(29,30)31)26(37)35-10-6-7-17(14-35)11-24-34-25(16-40-24)39-15-23-32-13-21(38-23)27(2,3)4;1-16(2,3)12-8-18-13(21-12)10-22-14-9-19-15(23-14)20-11-5-4-6-17-7-11;1-4-12(20)19(13(21)5-2)11-7-6-9(14(22)23-3)8-10(11)15(16,17)18;1-2-9(16)15-8-4-3-6(10(17)18)5-7(8)11(12,13)14;1-15-8(14)5-2-3-7(13)6(4-5)9(10,11)12;1-2-3(4)5/h5,8-9,12-13,16-17H,1,6-7,10-11,14-15H2,2-4H3,(H,33,36);8-9,11,17H,4-7,10H2,1-3H3,(H,19,20);4-8H,1-2H2,3H3;2-5H,1H2,(H,15,16)(H,17,18);2-4H,13H2,1H3;2H,1H2/t17-;11-;;;;/m01..../s1. The molecular weight excluding hydrogens is 1750 g/mol. The number of carbonyl (C=O) groups excluding carboxylic acids is 8. The summed E-state index contributed by atoms with van der Waals surface area (Å²) in [5, 5.41) is 24.0. The van der Waals surface area contributed by atoms with Crippen LogP contribution in [-0.4, -0.2) is 129 Å². The molecule has 4 aromatic carbocycles. The number of imide groups is 1. The Hall–Kier alpha value is -11.4. The lowest BCUT2D eigenvalue weighted by Gasteiger charge is -2.32. The number of carboxylic acid groups (broad SMARTS) is 1. The van der Waals surface area contributed by atoms with Crippen LogP contribution in [0.5, 0.6) is 0 Å². The topological polar surface area (TPSA) is 351 Å². The summed E-state index contributed by atoms with van der Waals surface area (Å²) in [5.74, 6) is -2.82. The molecule has 10 rings (SSSR count). The van der Waals surface area contributed by atoms with Crippen molar-refractivity contribution in [3.8, 4) is 0 Å². The molecule has 124 heavy (non-hydrogen) atoms. The van der Waals surface area contributed by atoms with Gasteiger partial charge in [0.15, 0.2) is 5.13 Å². The second-order valence-electron chi connectivity index (χ2n) is 28.2. The third-order valence-corrected chi connectivity index (χ3v) is 21.1. The number of esters is 2. The number of halogens is 13. The van der Waals surface area contributed by atoms with Crippen LogP contribution in [0.1, 0.15) is 159 Å². The summed E-state index contributed by atoms with van der Waals surface area (Å²) >= 11 is 11.2. The monoisotopic (exact) mass is 1840 g/mol. The number of amides is 5. The van der Waals surface area contributed by atoms with Gasteiger partial charge in [-0.05, 0) is 153 Å². The number of hydrogen-bond donors (Lipinski definition) is 6. The third-order valence-electron chi connectivity index (χ3n) is 16.9. The maximum Gasteiger partial charge on any atom is 0.418 e. The van der Waals surface area contributed by atoms with Crippen LogP contribution in [-0.2, 0) is 86.9 Å². The van der Waals surface area contributed by atoms with Gasteiger partial charge in [0.2, 0.25) is 28.8 Å². The SMILES string of the molecule is C=CC(=O)Cl.C=CC(=O)N(C(=O)C=C)c1ccc(C(=O)OC)cc1C(F)(F)F.C=CC(=O)Nc1ccc(C(=O)N2CCC[C@@H](Cc3nc(SCc4ncc(C(C)(C)C)o4)cs3)C2)cc1C(F)(F)F.C=CC(=O)Nc1ccc(C(=O)O)cc1C(F)(F)F.CC(C)(C)c1cnc(CSc2cnc(N[C@@H]3CCCNC3)s2)o1.COC(=O)c1ccc(N)c(C(F)(F)F)c1. The first-order chi connectivity index (χ1) is 57.9. The summed E-state index contributed by atoms with van der Waals surface area (Å²) in [6, 6.07) is 11.2. The lowest BCUT2D eigenvalue weighted by atomic mass is 9.94. The van der Waals surface area contributed by atoms with Crippen molar-refractivity contribution in [3.05, 3.63) is 233 Å². The summed E-state index contributed by atoms with van der Waals surface area (Å²) in [6.45, 7) is 31.4. The normalized spacial score (nSPS) is 13.9. The van der Waals surface area contributed by atoms with Gasteiger partial charge >= 0.3 is 42.6 Å². The van der Waals surface area contributed by atoms with Gasteiger partial charge in [-0.1, -0.05) is 97.5 Å². The zero-order valence-corrected chi connectivity index (χ0v) is 71.7. The van der Waals surface area contributed by atoms with Gasteiger partial charge in [0, 0.05) is 59.6 Å². The molecule has 25 nitrogen and oxygen atoms in total. The van der Waals surface area contributed by atoms with Crippen molar-refractivity contribution in [3.63, 3.8) is 0 Å². The molecule has 8 aromatic rings. The summed E-state index contributed by atoms with van der Waals surface area (Å²) in [7, 11) is 2.10. The van der Waals surface area contributed by atoms with Crippen molar-refractivity contribution in [2.24, 2.45) is 5.92 Å². The van der Waals surface area contributed by atoms with Crippen LogP contribution in [0.2, 0.25) is 0 Å². The van der Waals surface area contributed by atoms with E-state index >= 15 is 0 Å². The van der Waals surface area contributed by atoms with E-state index in [-0.39, 0.29) is 38.3 Å². The molecule has 5 amide bonds. The van der Waals surface area contributed by atoms with E-state index < -0.39 is 128 Å². The summed E-state index contributed by atoms with van der Waals surface area (Å²) in [4.78, 5) is 121. The van der Waals surface area contributed by atoms with Gasteiger partial charge in [-0.25, -0.2) is 39.2 Å². The van der Waals surface area contributed by atoms with E-state index in [1.165, 1.54) is 29.2 Å². The molecule has 668 valence electrons. The Morgan fingerprint density at radius 3 is 1.56 bits per heavy atom. The second-order valence-corrected chi connectivity index (χ2v) is 32.8. The van der Waals surface area contributed by atoms with Gasteiger partial charge in [0.05, 0.1) is 110 Å². The number of aromatic nitrogens is 4. The first-order valence-electron chi connectivity index (χ1n) is 36.5. The Kier molecular flexibility index (Phi) is 38.6. The maximum atomic E-state index is 13.7. The number of nitrogens with one attached hydrogen (secondary N) is 4. The molecule has 42 heteroatoms. The predicted molar refractivity (Wildman–Crippen MR) is 447 cm³/mol. The number of anilines is 5. The minimum Gasteiger partial charge on any atom is -0.478 e. The highest BCUT2D eigenvalue weighted by Crippen LogP contribution is 2.42. The maximum absolute atomic E-state index is 13.7. The fourth-order valence-electron chi connectivity index (χ4n) is 10.7. The number of ether oxygens (including phenoxy) is 2. The van der Waals surface area contributed by atoms with Gasteiger partial charge in [-0.3, -0.25) is 28.8 Å². The molecule has 2 fully saturated rings. The Balaban J connectivity index is 0.000000283. The number of rotatable bonds is 22. The number of aromatic carboxylic acids is 1. The minimum absolute atomic E-state index is 0.00548. The van der Waals surface area contributed by atoms with E-state index in [4.69, 9.17) is 36.3 Å². The first-order valence-corrected chi connectivity index (χ1v) is 40.6. The number of benzene rings is 4. The van der Waals surface area contributed by atoms with E-state index in [0.717, 1.165) is 139 Å². The molecular formula is C82H86ClF12N11O14S4. The molecule has 0 radical (unpaired) electrons. The van der Waals surface area contributed by atoms with E-state index in [0.29, 0.717) is 67.5 Å². The lowest BCUT2D eigenvalue weighted by molar-refractivity contribution is -0.138. The minimum atomic E-state index is -4.92. The highest BCUT2D eigenvalue weighted by molar-refractivity contribution is 8.00. The van der Waals surface area contributed by atoms with Gasteiger partial charge in [0.1, 0.15) is 16.5 Å². The number of nitrogen functional groups attached to an aromatic ring is 1. The smallest absolute Gasteiger partial charge is 0.418 e. The first kappa shape index (κ1) is 103. The number of methoxy groups -OCH3 is 2. The zero-order valence-electron chi connectivity index (χ0n) is 67.7. The van der Waals surface area contributed by atoms with Crippen LogP contribution in [0.3, 0.4) is 0 Å². The molecule has 0 unspecified atom stereocenters. The van der Waals surface area contributed by atoms with Crippen LogP contribution in [0, 0.1) is 5.92 Å². The van der Waals surface area contributed by atoms with Crippen LogP contribution < -0.4 is 31.9 Å². The van der Waals surface area contributed by atoms with E-state index in [9.17, 15) is 95.8 Å². The van der Waals surface area contributed by atoms with Crippen molar-refractivity contribution >= 4 is 138 Å². The van der Waals surface area contributed by atoms with Crippen molar-refractivity contribution in [2.45, 2.75) is 136 Å². The van der Waals surface area contributed by atoms with Crippen LogP contribution >= 0.6 is 57.8 Å². The molecule has 7 N–H and O–H groups in total. The fourth-order valence-corrected chi connectivity index (χ4v) is 14.4. The van der Waals surface area contributed by atoms with E-state index in [1.54, 1.807) is 57.3 Å². The largest absolute Gasteiger partial charge is 0.478 e. The highest BCUT2D eigenvalue weighted by Gasteiger charge is 2.40. The third kappa shape index (κ3) is 32.4. The van der Waals surface area contributed by atoms with Gasteiger partial charge < -0.3 is 55.3 Å². The Bertz CT molecular complexity index is 5100. The number of likely N-dealkylation sites (tertiary alicyclic amines) is 1. The molecule has 0 saturated carbocycles. The average Bonchev–Trinajstić information content (AvgIpc) is 1.08. The summed E-state index contributed by atoms with van der Waals surface area (Å²) in [5.41, 5.74) is -2.86. The Labute approximate surface area is 725 Å². The molecule has 0 bridgehead atoms. The summed E-state index contributed by atoms with van der Waals surface area (Å²) in [6.07, 6.45) is -4.58. The average molecular weight is 1840 g/mol. The van der Waals surface area contributed by atoms with Crippen molar-refractivity contribution in [2.75, 3.05) is 67.0 Å². The number of piperidine rings is 2. The predicted octanol–water partition coefficient (Wildman–Crippen LogP) is 19.1. The number of carboxylic acids is 1. The molecule has 2 aliphatic rings. The fraction of sp³-hybridized carbons (Fsp3) is 0.329. The van der Waals surface area contributed by atoms with Crippen LogP contribution in [0.15, 0.2) is 178 Å². The van der Waals surface area contributed by atoms with Crippen molar-refractivity contribution < 1.29 is 119 Å². The Morgan fingerprint density at radius 1 is 0.629 bits per heavy atom. The van der Waals surface area contributed by atoms with Crippen molar-refractivity contribution in [1.82, 2.24) is 30.2 Å².